The zero-order valence-electron chi connectivity index (χ0n) is 16.1. The Morgan fingerprint density at radius 1 is 1.29 bits per heavy atom. The molecule has 2 heterocycles. The molecule has 0 spiro atoms. The van der Waals surface area contributed by atoms with Crippen LogP contribution in [0.4, 0.5) is 5.69 Å². The lowest BCUT2D eigenvalue weighted by molar-refractivity contribution is 0.0995. The van der Waals surface area contributed by atoms with E-state index in [1.165, 1.54) is 22.0 Å². The second-order valence-corrected chi connectivity index (χ2v) is 7.33. The molecule has 0 aliphatic rings. The lowest BCUT2D eigenvalue weighted by atomic mass is 10.2. The molecule has 1 amide bonds. The lowest BCUT2D eigenvalue weighted by Crippen LogP contribution is -2.32. The molecule has 0 aliphatic heterocycles. The van der Waals surface area contributed by atoms with Gasteiger partial charge in [-0.2, -0.15) is 0 Å². The van der Waals surface area contributed by atoms with Crippen LogP contribution in [0.1, 0.15) is 23.8 Å². The van der Waals surface area contributed by atoms with E-state index in [9.17, 15) is 4.79 Å². The molecule has 148 valence electrons. The van der Waals surface area contributed by atoms with Crippen LogP contribution in [0.25, 0.3) is 10.1 Å². The largest absolute Gasteiger partial charge is 0.493 e. The van der Waals surface area contributed by atoms with E-state index in [2.05, 4.69) is 51.8 Å². The van der Waals surface area contributed by atoms with Gasteiger partial charge < -0.3 is 20.7 Å². The van der Waals surface area contributed by atoms with Crippen LogP contribution in [0.2, 0.25) is 0 Å². The minimum absolute atomic E-state index is 0.218. The van der Waals surface area contributed by atoms with Gasteiger partial charge in [-0.3, -0.25) is 9.78 Å². The van der Waals surface area contributed by atoms with Gasteiger partial charge in [-0.05, 0) is 49.5 Å². The normalized spacial score (nSPS) is 10.9. The van der Waals surface area contributed by atoms with E-state index < -0.39 is 5.91 Å². The molecule has 0 saturated carbocycles. The summed E-state index contributed by atoms with van der Waals surface area (Å²) in [4.78, 5) is 17.4. The Morgan fingerprint density at radius 2 is 2.18 bits per heavy atom. The van der Waals surface area contributed by atoms with E-state index in [-0.39, 0.29) is 5.69 Å². The topological polar surface area (TPSA) is 80.5 Å². The maximum atomic E-state index is 11.1. The average Bonchev–Trinajstić information content (AvgIpc) is 3.19. The highest BCUT2D eigenvalue weighted by molar-refractivity contribution is 7.17. The third-order valence-electron chi connectivity index (χ3n) is 4.50. The van der Waals surface area contributed by atoms with Gasteiger partial charge in [0.25, 0.3) is 5.91 Å². The van der Waals surface area contributed by atoms with Crippen molar-refractivity contribution in [1.29, 1.82) is 0 Å². The zero-order valence-corrected chi connectivity index (χ0v) is 16.9. The number of thiophene rings is 1. The van der Waals surface area contributed by atoms with E-state index in [0.717, 1.165) is 32.6 Å². The van der Waals surface area contributed by atoms with Crippen LogP contribution in [-0.2, 0) is 0 Å². The standard InChI is InChI=1S/C21H26N4O2S/c1-2-25(19-5-3-6-20-17(19)8-14-28-20)12-11-23-9-4-13-27-16-7-10-24-18(15-16)21(22)26/h3,5-8,10,14-15,23H,2,4,9,11-13H2,1H3,(H2,22,26). The Labute approximate surface area is 169 Å². The summed E-state index contributed by atoms with van der Waals surface area (Å²) in [5, 5.41) is 6.95. The summed E-state index contributed by atoms with van der Waals surface area (Å²) < 4.78 is 6.99. The van der Waals surface area contributed by atoms with Gasteiger partial charge in [0.05, 0.1) is 6.61 Å². The maximum absolute atomic E-state index is 11.1. The summed E-state index contributed by atoms with van der Waals surface area (Å²) in [6.07, 6.45) is 2.40. The molecule has 0 fully saturated rings. The van der Waals surface area contributed by atoms with Gasteiger partial charge in [-0.25, -0.2) is 0 Å². The fourth-order valence-electron chi connectivity index (χ4n) is 3.06. The van der Waals surface area contributed by atoms with Crippen molar-refractivity contribution in [3.05, 3.63) is 53.7 Å². The number of hydrogen-bond acceptors (Lipinski definition) is 6. The molecule has 2 aromatic heterocycles. The third-order valence-corrected chi connectivity index (χ3v) is 5.39. The van der Waals surface area contributed by atoms with E-state index in [0.29, 0.717) is 12.4 Å². The number of hydrogen-bond donors (Lipinski definition) is 2. The number of benzene rings is 1. The van der Waals surface area contributed by atoms with Crippen LogP contribution in [0.15, 0.2) is 48.0 Å². The van der Waals surface area contributed by atoms with Gasteiger partial charge >= 0.3 is 0 Å². The van der Waals surface area contributed by atoms with Crippen molar-refractivity contribution in [3.8, 4) is 5.75 Å². The Morgan fingerprint density at radius 3 is 3.00 bits per heavy atom. The monoisotopic (exact) mass is 398 g/mol. The molecular weight excluding hydrogens is 372 g/mol. The summed E-state index contributed by atoms with van der Waals surface area (Å²) in [5.74, 6) is 0.0653. The number of amides is 1. The van der Waals surface area contributed by atoms with Crippen LogP contribution in [0.5, 0.6) is 5.75 Å². The van der Waals surface area contributed by atoms with Crippen LogP contribution < -0.4 is 20.7 Å². The molecule has 0 aliphatic carbocycles. The molecule has 3 aromatic rings. The fraction of sp³-hybridized carbons (Fsp3) is 0.333. The van der Waals surface area contributed by atoms with Crippen molar-refractivity contribution in [2.45, 2.75) is 13.3 Å². The first-order valence-corrected chi connectivity index (χ1v) is 10.4. The molecule has 0 bridgehead atoms. The van der Waals surface area contributed by atoms with Crippen molar-refractivity contribution >= 4 is 33.0 Å². The molecule has 6 nitrogen and oxygen atoms in total. The van der Waals surface area contributed by atoms with Crippen molar-refractivity contribution in [2.75, 3.05) is 37.7 Å². The van der Waals surface area contributed by atoms with Gasteiger partial charge in [0, 0.05) is 47.7 Å². The van der Waals surface area contributed by atoms with Crippen molar-refractivity contribution < 1.29 is 9.53 Å². The second kappa shape index (κ2) is 10.1. The quantitative estimate of drug-likeness (QED) is 0.485. The number of anilines is 1. The van der Waals surface area contributed by atoms with Gasteiger partial charge in [-0.15, -0.1) is 11.3 Å². The molecule has 0 radical (unpaired) electrons. The Kier molecular flexibility index (Phi) is 7.22. The van der Waals surface area contributed by atoms with Crippen LogP contribution >= 0.6 is 11.3 Å². The number of fused-ring (bicyclic) bond motifs is 1. The van der Waals surface area contributed by atoms with Crippen molar-refractivity contribution in [1.82, 2.24) is 10.3 Å². The summed E-state index contributed by atoms with van der Waals surface area (Å²) in [6, 6.07) is 12.0. The van der Waals surface area contributed by atoms with Gasteiger partial charge in [0.2, 0.25) is 0 Å². The predicted molar refractivity (Wildman–Crippen MR) is 115 cm³/mol. The maximum Gasteiger partial charge on any atom is 0.267 e. The van der Waals surface area contributed by atoms with Gasteiger partial charge in [0.1, 0.15) is 11.4 Å². The number of carbonyl (C=O) groups is 1. The van der Waals surface area contributed by atoms with Crippen LogP contribution in [-0.4, -0.2) is 43.7 Å². The van der Waals surface area contributed by atoms with Crippen molar-refractivity contribution in [2.24, 2.45) is 5.73 Å². The molecule has 0 unspecified atom stereocenters. The minimum atomic E-state index is -0.550. The molecule has 28 heavy (non-hydrogen) atoms. The number of likely N-dealkylation sites (N-methyl/N-ethyl adjacent to an activating group) is 1. The predicted octanol–water partition coefficient (Wildman–Crippen LogP) is 3.28. The summed E-state index contributed by atoms with van der Waals surface area (Å²) in [7, 11) is 0. The summed E-state index contributed by atoms with van der Waals surface area (Å²) >= 11 is 1.78. The van der Waals surface area contributed by atoms with Gasteiger partial charge in [0.15, 0.2) is 0 Å². The minimum Gasteiger partial charge on any atom is -0.493 e. The number of ether oxygens (including phenoxy) is 1. The first-order valence-electron chi connectivity index (χ1n) is 9.49. The molecular formula is C21H26N4O2S. The van der Waals surface area contributed by atoms with Crippen LogP contribution in [0.3, 0.4) is 0 Å². The van der Waals surface area contributed by atoms with E-state index >= 15 is 0 Å². The smallest absolute Gasteiger partial charge is 0.267 e. The number of pyridine rings is 1. The SMILES string of the molecule is CCN(CCNCCCOc1ccnc(C(N)=O)c1)c1cccc2sccc12. The Balaban J connectivity index is 1.38. The molecule has 3 N–H and O–H groups in total. The number of nitrogens with two attached hydrogens (primary N) is 1. The number of nitrogens with zero attached hydrogens (tertiary/aromatic N) is 2. The van der Waals surface area contributed by atoms with E-state index in [1.54, 1.807) is 23.5 Å². The molecule has 7 heteroatoms. The zero-order chi connectivity index (χ0) is 19.8. The van der Waals surface area contributed by atoms with Crippen molar-refractivity contribution in [3.63, 3.8) is 0 Å². The first-order chi connectivity index (χ1) is 13.7. The van der Waals surface area contributed by atoms with Gasteiger partial charge in [-0.1, -0.05) is 6.07 Å². The number of aromatic nitrogens is 1. The highest BCUT2D eigenvalue weighted by Gasteiger charge is 2.08. The number of nitrogens with one attached hydrogen (secondary N) is 1. The second-order valence-electron chi connectivity index (χ2n) is 6.38. The Bertz CT molecular complexity index is 912. The molecule has 3 rings (SSSR count). The number of rotatable bonds is 11. The molecule has 0 atom stereocenters. The molecule has 0 saturated heterocycles. The number of primary amides is 1. The van der Waals surface area contributed by atoms with E-state index in [4.69, 9.17) is 10.5 Å². The van der Waals surface area contributed by atoms with E-state index in [1.807, 2.05) is 0 Å². The fourth-order valence-corrected chi connectivity index (χ4v) is 3.87. The highest BCUT2D eigenvalue weighted by Crippen LogP contribution is 2.30. The molecule has 1 aromatic carbocycles. The third kappa shape index (κ3) is 5.21. The summed E-state index contributed by atoms with van der Waals surface area (Å²) in [6.45, 7) is 6.47. The first kappa shape index (κ1) is 20.1. The lowest BCUT2D eigenvalue weighted by Gasteiger charge is -2.24. The average molecular weight is 399 g/mol. The highest BCUT2D eigenvalue weighted by atomic mass is 32.1. The summed E-state index contributed by atoms with van der Waals surface area (Å²) in [5.41, 5.74) is 6.74. The number of carbonyl (C=O) groups excluding carboxylic acids is 1. The van der Waals surface area contributed by atoms with Crippen LogP contribution in [0, 0.1) is 0 Å². The Hall–Kier alpha value is -2.64.